The van der Waals surface area contributed by atoms with Gasteiger partial charge >= 0.3 is 0 Å². The molecule has 0 saturated carbocycles. The predicted molar refractivity (Wildman–Crippen MR) is 142 cm³/mol. The molecule has 0 aliphatic heterocycles. The van der Waals surface area contributed by atoms with E-state index < -0.39 is 16.6 Å². The number of hydrogen-bond donors (Lipinski definition) is 0. The molecule has 0 rings (SSSR count). The van der Waals surface area contributed by atoms with Crippen LogP contribution in [0.2, 0.25) is 36.3 Å². The van der Waals surface area contributed by atoms with E-state index >= 15 is 0 Å². The van der Waals surface area contributed by atoms with Gasteiger partial charge in [-0.1, -0.05) is 86.5 Å². The molecule has 0 spiro atoms. The number of carbonyl (C=O) groups is 1. The summed E-state index contributed by atoms with van der Waals surface area (Å²) in [5, 5.41) is 0.489. The minimum atomic E-state index is -1.80. The highest BCUT2D eigenvalue weighted by Crippen LogP contribution is 2.38. The Morgan fingerprint density at radius 2 is 1.06 bits per heavy atom. The summed E-state index contributed by atoms with van der Waals surface area (Å²) in [6.45, 7) is 25.2. The minimum Gasteiger partial charge on any atom is -0.414 e. The van der Waals surface area contributed by atoms with Gasteiger partial charge in [-0.2, -0.15) is 0 Å². The van der Waals surface area contributed by atoms with E-state index in [1.807, 2.05) is 0 Å². The molecule has 186 valence electrons. The van der Waals surface area contributed by atoms with Crippen molar-refractivity contribution in [3.8, 4) is 0 Å². The quantitative estimate of drug-likeness (QED) is 0.128. The van der Waals surface area contributed by atoms with Crippen LogP contribution in [-0.4, -0.2) is 35.1 Å². The summed E-state index contributed by atoms with van der Waals surface area (Å²) in [5.41, 5.74) is 0. The van der Waals surface area contributed by atoms with Crippen LogP contribution in [0.5, 0.6) is 0 Å². The summed E-state index contributed by atoms with van der Waals surface area (Å²) in [7, 11) is -3.43. The number of rotatable bonds is 16. The standard InChI is InChI=1S/C26H56O3Si2/c1-23(28-30(8,9)25(2,3)4)19-17-15-13-12-14-16-18-20-24(21-22-27)29-31(10,11)26(5,6)7/h22-24H,12-21H2,1-11H3/t23-,24+/m1/s1. The fraction of sp³-hybridized carbons (Fsp3) is 0.962. The lowest BCUT2D eigenvalue weighted by molar-refractivity contribution is -0.109. The monoisotopic (exact) mass is 472 g/mol. The van der Waals surface area contributed by atoms with Crippen LogP contribution in [0.3, 0.4) is 0 Å². The van der Waals surface area contributed by atoms with Crippen LogP contribution in [-0.2, 0) is 13.6 Å². The molecule has 5 heteroatoms. The third kappa shape index (κ3) is 12.7. The van der Waals surface area contributed by atoms with E-state index in [1.165, 1.54) is 51.4 Å². The SMILES string of the molecule is C[C@H](CCCCCCCCC[C@@H](CC=O)O[Si](C)(C)C(C)(C)C)O[Si](C)(C)C(C)(C)C. The zero-order valence-electron chi connectivity index (χ0n) is 23.0. The van der Waals surface area contributed by atoms with Gasteiger partial charge < -0.3 is 13.6 Å². The molecule has 0 bridgehead atoms. The maximum Gasteiger partial charge on any atom is 0.192 e. The first-order valence-corrected chi connectivity index (χ1v) is 18.6. The zero-order valence-corrected chi connectivity index (χ0v) is 25.0. The molecule has 31 heavy (non-hydrogen) atoms. The van der Waals surface area contributed by atoms with Gasteiger partial charge in [0.2, 0.25) is 0 Å². The maximum absolute atomic E-state index is 11.1. The van der Waals surface area contributed by atoms with Crippen molar-refractivity contribution < 1.29 is 13.6 Å². The van der Waals surface area contributed by atoms with Crippen LogP contribution in [0.15, 0.2) is 0 Å². The highest BCUT2D eigenvalue weighted by Gasteiger charge is 2.39. The van der Waals surface area contributed by atoms with Gasteiger partial charge in [-0.05, 0) is 56.0 Å². The topological polar surface area (TPSA) is 35.5 Å². The third-order valence-corrected chi connectivity index (χ3v) is 16.7. The Hall–Kier alpha value is 0.0238. The summed E-state index contributed by atoms with van der Waals surface area (Å²) in [5.74, 6) is 0. The molecule has 0 unspecified atom stereocenters. The van der Waals surface area contributed by atoms with E-state index in [0.717, 1.165) is 12.7 Å². The highest BCUT2D eigenvalue weighted by atomic mass is 28.4. The Balaban J connectivity index is 3.96. The molecule has 2 atom stereocenters. The van der Waals surface area contributed by atoms with Gasteiger partial charge in [0.25, 0.3) is 0 Å². The van der Waals surface area contributed by atoms with E-state index in [-0.39, 0.29) is 11.1 Å². The average Bonchev–Trinajstić information content (AvgIpc) is 2.57. The van der Waals surface area contributed by atoms with Crippen LogP contribution in [0.4, 0.5) is 0 Å². The first kappa shape index (κ1) is 31.0. The van der Waals surface area contributed by atoms with E-state index in [4.69, 9.17) is 8.85 Å². The summed E-state index contributed by atoms with van der Waals surface area (Å²) < 4.78 is 12.9. The largest absolute Gasteiger partial charge is 0.414 e. The second-order valence-electron chi connectivity index (χ2n) is 12.6. The molecule has 0 saturated heterocycles. The molecule has 0 aliphatic carbocycles. The molecule has 0 aromatic heterocycles. The molecular formula is C26H56O3Si2. The lowest BCUT2D eigenvalue weighted by atomic mass is 10.0. The number of unbranched alkanes of at least 4 members (excludes halogenated alkanes) is 6. The van der Waals surface area contributed by atoms with Gasteiger partial charge in [0.1, 0.15) is 6.29 Å². The van der Waals surface area contributed by atoms with E-state index in [9.17, 15) is 4.79 Å². The third-order valence-electron chi connectivity index (χ3n) is 7.57. The molecule has 0 aliphatic rings. The molecule has 0 aromatic carbocycles. The van der Waals surface area contributed by atoms with Crippen LogP contribution in [0.25, 0.3) is 0 Å². The van der Waals surface area contributed by atoms with Crippen LogP contribution < -0.4 is 0 Å². The number of hydrogen-bond acceptors (Lipinski definition) is 3. The van der Waals surface area contributed by atoms with Crippen molar-refractivity contribution in [3.05, 3.63) is 0 Å². The van der Waals surface area contributed by atoms with Gasteiger partial charge in [0.15, 0.2) is 16.6 Å². The second kappa shape index (κ2) is 13.7. The van der Waals surface area contributed by atoms with Crippen molar-refractivity contribution in [2.75, 3.05) is 0 Å². The molecule has 0 amide bonds. The molecular weight excluding hydrogens is 416 g/mol. The predicted octanol–water partition coefficient (Wildman–Crippen LogP) is 8.89. The Labute approximate surface area is 197 Å². The van der Waals surface area contributed by atoms with Crippen molar-refractivity contribution in [1.82, 2.24) is 0 Å². The molecule has 0 heterocycles. The number of carbonyl (C=O) groups excluding carboxylic acids is 1. The Bertz CT molecular complexity index is 490. The van der Waals surface area contributed by atoms with Gasteiger partial charge in [0, 0.05) is 12.5 Å². The number of aldehydes is 1. The molecule has 0 fully saturated rings. The van der Waals surface area contributed by atoms with E-state index in [2.05, 4.69) is 74.7 Å². The Morgan fingerprint density at radius 3 is 1.48 bits per heavy atom. The first-order valence-electron chi connectivity index (χ1n) is 12.8. The average molecular weight is 473 g/mol. The van der Waals surface area contributed by atoms with Crippen LogP contribution >= 0.6 is 0 Å². The fourth-order valence-electron chi connectivity index (χ4n) is 3.35. The molecule has 0 N–H and O–H groups in total. The van der Waals surface area contributed by atoms with Crippen molar-refractivity contribution in [2.24, 2.45) is 0 Å². The lowest BCUT2D eigenvalue weighted by Crippen LogP contribution is -2.44. The summed E-state index contributed by atoms with van der Waals surface area (Å²) in [6, 6.07) is 0. The molecule has 0 radical (unpaired) electrons. The summed E-state index contributed by atoms with van der Waals surface area (Å²) in [6.07, 6.45) is 13.2. The fourth-order valence-corrected chi connectivity index (χ4v) is 6.23. The summed E-state index contributed by atoms with van der Waals surface area (Å²) >= 11 is 0. The normalized spacial score (nSPS) is 15.7. The van der Waals surface area contributed by atoms with Crippen molar-refractivity contribution in [1.29, 1.82) is 0 Å². The smallest absolute Gasteiger partial charge is 0.192 e. The maximum atomic E-state index is 11.1. The van der Waals surface area contributed by atoms with Crippen molar-refractivity contribution in [3.63, 3.8) is 0 Å². The van der Waals surface area contributed by atoms with Crippen LogP contribution in [0, 0.1) is 0 Å². The Kier molecular flexibility index (Phi) is 13.7. The van der Waals surface area contributed by atoms with Gasteiger partial charge in [-0.25, -0.2) is 0 Å². The van der Waals surface area contributed by atoms with E-state index in [0.29, 0.717) is 17.6 Å². The summed E-state index contributed by atoms with van der Waals surface area (Å²) in [4.78, 5) is 11.1. The van der Waals surface area contributed by atoms with Crippen LogP contribution in [0.1, 0.15) is 113 Å². The Morgan fingerprint density at radius 1 is 0.677 bits per heavy atom. The first-order chi connectivity index (χ1) is 14.0. The van der Waals surface area contributed by atoms with E-state index in [1.54, 1.807) is 0 Å². The zero-order chi connectivity index (χ0) is 24.3. The highest BCUT2D eigenvalue weighted by molar-refractivity contribution is 6.74. The van der Waals surface area contributed by atoms with Gasteiger partial charge in [-0.15, -0.1) is 0 Å². The van der Waals surface area contributed by atoms with Crippen molar-refractivity contribution in [2.45, 2.75) is 161 Å². The van der Waals surface area contributed by atoms with Gasteiger partial charge in [-0.3, -0.25) is 0 Å². The molecule has 0 aromatic rings. The second-order valence-corrected chi connectivity index (χ2v) is 22.2. The molecule has 3 nitrogen and oxygen atoms in total. The van der Waals surface area contributed by atoms with Gasteiger partial charge in [0.05, 0.1) is 6.10 Å². The minimum absolute atomic E-state index is 0.112. The lowest BCUT2D eigenvalue weighted by Gasteiger charge is -2.39. The van der Waals surface area contributed by atoms with Crippen molar-refractivity contribution >= 4 is 22.9 Å².